The van der Waals surface area contributed by atoms with Crippen molar-refractivity contribution in [2.75, 3.05) is 13.1 Å². The third kappa shape index (κ3) is 1.82. The summed E-state index contributed by atoms with van der Waals surface area (Å²) in [5, 5.41) is 11.6. The second-order valence-electron chi connectivity index (χ2n) is 2.44. The van der Waals surface area contributed by atoms with Gasteiger partial charge in [0.05, 0.1) is 13.1 Å². The fourth-order valence-electron chi connectivity index (χ4n) is 0.959. The molecule has 0 heterocycles. The molecule has 0 saturated heterocycles. The summed E-state index contributed by atoms with van der Waals surface area (Å²) in [6, 6.07) is 0. The van der Waals surface area contributed by atoms with Gasteiger partial charge in [-0.3, -0.25) is 0 Å². The molecular formula is C8H17NO. The molecule has 0 N–H and O–H groups in total. The highest BCUT2D eigenvalue weighted by Crippen LogP contribution is 2.15. The minimum absolute atomic E-state index is 0.226. The van der Waals surface area contributed by atoms with Gasteiger partial charge in [0.2, 0.25) is 0 Å². The smallest absolute Gasteiger partial charge is 0.101 e. The van der Waals surface area contributed by atoms with Crippen molar-refractivity contribution in [3.63, 3.8) is 0 Å². The predicted molar refractivity (Wildman–Crippen MR) is 44.1 cm³/mol. The molecule has 0 radical (unpaired) electrons. The van der Waals surface area contributed by atoms with Crippen LogP contribution in [0.5, 0.6) is 0 Å². The van der Waals surface area contributed by atoms with E-state index in [0.717, 1.165) is 12.1 Å². The maximum atomic E-state index is 11.6. The molecule has 0 fully saturated rings. The van der Waals surface area contributed by atoms with Crippen molar-refractivity contribution in [1.29, 1.82) is 0 Å². The van der Waals surface area contributed by atoms with Gasteiger partial charge in [-0.25, -0.2) is 0 Å². The number of rotatable bonds is 4. The normalized spacial score (nSPS) is 11.6. The summed E-state index contributed by atoms with van der Waals surface area (Å²) in [6.45, 7) is 10.7. The van der Waals surface area contributed by atoms with Crippen LogP contribution in [-0.2, 0) is 0 Å². The van der Waals surface area contributed by atoms with Gasteiger partial charge in [0.1, 0.15) is 5.70 Å². The lowest BCUT2D eigenvalue weighted by Gasteiger charge is -2.41. The number of hydroxylamine groups is 3. The van der Waals surface area contributed by atoms with Crippen LogP contribution < -0.4 is 0 Å². The third-order valence-corrected chi connectivity index (χ3v) is 2.01. The van der Waals surface area contributed by atoms with Crippen LogP contribution >= 0.6 is 0 Å². The van der Waals surface area contributed by atoms with Gasteiger partial charge in [-0.15, -0.1) is 0 Å². The van der Waals surface area contributed by atoms with Gasteiger partial charge in [-0.05, 0) is 20.4 Å². The predicted octanol–water partition coefficient (Wildman–Crippen LogP) is 2.26. The van der Waals surface area contributed by atoms with Crippen LogP contribution in [0.3, 0.4) is 0 Å². The van der Waals surface area contributed by atoms with Crippen LogP contribution in [0, 0.1) is 5.21 Å². The van der Waals surface area contributed by atoms with Gasteiger partial charge in [-0.2, -0.15) is 0 Å². The van der Waals surface area contributed by atoms with E-state index in [1.807, 2.05) is 20.8 Å². The largest absolute Gasteiger partial charge is 0.628 e. The molecule has 0 aromatic rings. The first-order valence-electron chi connectivity index (χ1n) is 3.87. The summed E-state index contributed by atoms with van der Waals surface area (Å²) >= 11 is 0. The molecule has 2 heteroatoms. The zero-order chi connectivity index (χ0) is 8.20. The molecule has 0 rings (SSSR count). The summed E-state index contributed by atoms with van der Waals surface area (Å²) < 4.78 is -0.226. The van der Waals surface area contributed by atoms with Crippen molar-refractivity contribution in [2.24, 2.45) is 0 Å². The lowest BCUT2D eigenvalue weighted by molar-refractivity contribution is -0.839. The number of nitrogens with zero attached hydrogens (tertiary/aromatic N) is 1. The van der Waals surface area contributed by atoms with Crippen molar-refractivity contribution in [3.8, 4) is 0 Å². The van der Waals surface area contributed by atoms with E-state index in [1.54, 1.807) is 0 Å². The Morgan fingerprint density at radius 1 is 1.30 bits per heavy atom. The monoisotopic (exact) mass is 143 g/mol. The zero-order valence-electron chi connectivity index (χ0n) is 7.18. The number of quaternary nitrogens is 1. The molecule has 10 heavy (non-hydrogen) atoms. The first-order chi connectivity index (χ1) is 4.60. The first kappa shape index (κ1) is 9.66. The SMILES string of the molecule is C=C(CC)[N+]([O-])(CC)CC. The Kier molecular flexibility index (Phi) is 3.61. The Bertz CT molecular complexity index is 116. The fraction of sp³-hybridized carbons (Fsp3) is 0.750. The van der Waals surface area contributed by atoms with E-state index < -0.39 is 0 Å². The molecule has 0 spiro atoms. The molecule has 60 valence electrons. The van der Waals surface area contributed by atoms with Gasteiger partial charge < -0.3 is 9.85 Å². The molecule has 0 aromatic carbocycles. The van der Waals surface area contributed by atoms with E-state index in [1.165, 1.54) is 0 Å². The Hall–Kier alpha value is -0.340. The molecule has 0 aliphatic rings. The summed E-state index contributed by atoms with van der Waals surface area (Å²) in [4.78, 5) is 0. The Balaban J connectivity index is 4.17. The lowest BCUT2D eigenvalue weighted by Crippen LogP contribution is -2.39. The average Bonchev–Trinajstić information content (AvgIpc) is 2.01. The third-order valence-electron chi connectivity index (χ3n) is 2.01. The number of hydrogen-bond donors (Lipinski definition) is 0. The fourth-order valence-corrected chi connectivity index (χ4v) is 0.959. The summed E-state index contributed by atoms with van der Waals surface area (Å²) in [6.07, 6.45) is 0.783. The van der Waals surface area contributed by atoms with E-state index in [0.29, 0.717) is 13.1 Å². The molecule has 0 amide bonds. The lowest BCUT2D eigenvalue weighted by atomic mass is 10.3. The van der Waals surface area contributed by atoms with E-state index in [2.05, 4.69) is 6.58 Å². The molecule has 0 atom stereocenters. The highest BCUT2D eigenvalue weighted by atomic mass is 16.5. The summed E-state index contributed by atoms with van der Waals surface area (Å²) in [5.74, 6) is 0. The minimum atomic E-state index is -0.226. The second kappa shape index (κ2) is 3.74. The van der Waals surface area contributed by atoms with Crippen molar-refractivity contribution in [2.45, 2.75) is 27.2 Å². The quantitative estimate of drug-likeness (QED) is 0.437. The topological polar surface area (TPSA) is 23.1 Å². The van der Waals surface area contributed by atoms with E-state index in [4.69, 9.17) is 0 Å². The van der Waals surface area contributed by atoms with E-state index in [9.17, 15) is 5.21 Å². The van der Waals surface area contributed by atoms with Gasteiger partial charge in [-0.1, -0.05) is 6.92 Å². The molecule has 0 bridgehead atoms. The van der Waals surface area contributed by atoms with Crippen LogP contribution in [0.15, 0.2) is 12.3 Å². The van der Waals surface area contributed by atoms with E-state index in [-0.39, 0.29) is 4.65 Å². The van der Waals surface area contributed by atoms with Gasteiger partial charge in [0.25, 0.3) is 0 Å². The Morgan fingerprint density at radius 2 is 1.70 bits per heavy atom. The average molecular weight is 143 g/mol. The van der Waals surface area contributed by atoms with Crippen LogP contribution in [0.1, 0.15) is 27.2 Å². The maximum absolute atomic E-state index is 11.6. The van der Waals surface area contributed by atoms with Crippen LogP contribution in [0.25, 0.3) is 0 Å². The highest BCUT2D eigenvalue weighted by Gasteiger charge is 2.13. The zero-order valence-corrected chi connectivity index (χ0v) is 7.18. The molecule has 0 aliphatic carbocycles. The van der Waals surface area contributed by atoms with E-state index >= 15 is 0 Å². The minimum Gasteiger partial charge on any atom is -0.628 e. The molecule has 0 aliphatic heterocycles. The second-order valence-corrected chi connectivity index (χ2v) is 2.44. The van der Waals surface area contributed by atoms with Gasteiger partial charge >= 0.3 is 0 Å². The standard InChI is InChI=1S/C8H17NO/c1-5-8(4)9(10,6-2)7-3/h4-7H2,1-3H3. The Morgan fingerprint density at radius 3 is 1.80 bits per heavy atom. The van der Waals surface area contributed by atoms with Crippen molar-refractivity contribution < 1.29 is 4.65 Å². The molecule has 0 unspecified atom stereocenters. The van der Waals surface area contributed by atoms with Crippen LogP contribution in [0.2, 0.25) is 0 Å². The maximum Gasteiger partial charge on any atom is 0.101 e. The molecule has 0 aromatic heterocycles. The first-order valence-corrected chi connectivity index (χ1v) is 3.87. The molecule has 2 nitrogen and oxygen atoms in total. The van der Waals surface area contributed by atoms with Crippen molar-refractivity contribution >= 4 is 0 Å². The van der Waals surface area contributed by atoms with Crippen molar-refractivity contribution in [3.05, 3.63) is 17.5 Å². The number of allylic oxidation sites excluding steroid dienone is 1. The van der Waals surface area contributed by atoms with Gasteiger partial charge in [0.15, 0.2) is 0 Å². The summed E-state index contributed by atoms with van der Waals surface area (Å²) in [5.41, 5.74) is 0.782. The van der Waals surface area contributed by atoms with Gasteiger partial charge in [0, 0.05) is 6.42 Å². The van der Waals surface area contributed by atoms with Crippen LogP contribution in [0.4, 0.5) is 0 Å². The highest BCUT2D eigenvalue weighted by molar-refractivity contribution is 4.82. The molecule has 0 saturated carbocycles. The number of hydrogen-bond acceptors (Lipinski definition) is 1. The van der Waals surface area contributed by atoms with Crippen LogP contribution in [-0.4, -0.2) is 17.7 Å². The molecular weight excluding hydrogens is 126 g/mol. The Labute approximate surface area is 63.3 Å². The van der Waals surface area contributed by atoms with Crippen molar-refractivity contribution in [1.82, 2.24) is 0 Å². The summed E-state index contributed by atoms with van der Waals surface area (Å²) in [7, 11) is 0.